The molecule has 5 nitrogen and oxygen atoms in total. The number of benzene rings is 1. The maximum atomic E-state index is 12.0. The van der Waals surface area contributed by atoms with Crippen molar-refractivity contribution in [2.45, 2.75) is 30.8 Å². The second-order valence-corrected chi connectivity index (χ2v) is 6.57. The van der Waals surface area contributed by atoms with E-state index < -0.39 is 16.1 Å². The minimum Gasteiger partial charge on any atom is -0.399 e. The van der Waals surface area contributed by atoms with E-state index in [1.807, 2.05) is 6.92 Å². The van der Waals surface area contributed by atoms with Gasteiger partial charge in [0.25, 0.3) is 0 Å². The van der Waals surface area contributed by atoms with Crippen LogP contribution in [0.4, 0.5) is 5.69 Å². The molecular weight excluding hydrogens is 320 g/mol. The summed E-state index contributed by atoms with van der Waals surface area (Å²) in [6, 6.07) is 4.47. The summed E-state index contributed by atoms with van der Waals surface area (Å²) >= 11 is 3.16. The molecule has 0 radical (unpaired) electrons. The molecule has 0 heterocycles. The van der Waals surface area contributed by atoms with Gasteiger partial charge in [0, 0.05) is 16.7 Å². The number of sulfonamides is 1. The maximum Gasteiger partial charge on any atom is 0.241 e. The SMILES string of the molecule is CCCC(O)CNS(=O)(=O)c1ccc(N)cc1Br. The Morgan fingerprint density at radius 3 is 2.72 bits per heavy atom. The Hall–Kier alpha value is -0.630. The van der Waals surface area contributed by atoms with E-state index in [0.29, 0.717) is 16.6 Å². The van der Waals surface area contributed by atoms with Gasteiger partial charge in [-0.3, -0.25) is 0 Å². The van der Waals surface area contributed by atoms with Crippen molar-refractivity contribution >= 4 is 31.6 Å². The van der Waals surface area contributed by atoms with Crippen molar-refractivity contribution in [2.75, 3.05) is 12.3 Å². The number of anilines is 1. The lowest BCUT2D eigenvalue weighted by molar-refractivity contribution is 0.167. The van der Waals surface area contributed by atoms with E-state index in [2.05, 4.69) is 20.7 Å². The predicted octanol–water partition coefficient (Wildman–Crippen LogP) is 1.47. The Labute approximate surface area is 116 Å². The quantitative estimate of drug-likeness (QED) is 0.686. The zero-order valence-corrected chi connectivity index (χ0v) is 12.5. The third-order valence-electron chi connectivity index (χ3n) is 2.38. The molecule has 0 saturated carbocycles. The molecule has 7 heteroatoms. The van der Waals surface area contributed by atoms with Gasteiger partial charge in [-0.2, -0.15) is 0 Å². The summed E-state index contributed by atoms with van der Waals surface area (Å²) in [6.45, 7) is 1.93. The van der Waals surface area contributed by atoms with Crippen LogP contribution in [-0.2, 0) is 10.0 Å². The third kappa shape index (κ3) is 4.24. The van der Waals surface area contributed by atoms with Crippen LogP contribution in [0.1, 0.15) is 19.8 Å². The van der Waals surface area contributed by atoms with E-state index in [9.17, 15) is 13.5 Å². The first kappa shape index (κ1) is 15.4. The van der Waals surface area contributed by atoms with Crippen LogP contribution in [0.15, 0.2) is 27.6 Å². The van der Waals surface area contributed by atoms with E-state index in [1.165, 1.54) is 18.2 Å². The van der Waals surface area contributed by atoms with Gasteiger partial charge in [-0.15, -0.1) is 0 Å². The van der Waals surface area contributed by atoms with Gasteiger partial charge in [-0.1, -0.05) is 13.3 Å². The zero-order valence-electron chi connectivity index (χ0n) is 10.1. The molecule has 0 aromatic heterocycles. The zero-order chi connectivity index (χ0) is 13.8. The molecule has 1 unspecified atom stereocenters. The molecule has 102 valence electrons. The molecule has 0 spiro atoms. The van der Waals surface area contributed by atoms with Crippen LogP contribution in [0.2, 0.25) is 0 Å². The van der Waals surface area contributed by atoms with Gasteiger partial charge in [0.15, 0.2) is 0 Å². The standard InChI is InChI=1S/C11H17BrN2O3S/c1-2-3-9(15)7-14-18(16,17)11-5-4-8(13)6-10(11)12/h4-6,9,14-15H,2-3,7,13H2,1H3. The van der Waals surface area contributed by atoms with Gasteiger partial charge < -0.3 is 10.8 Å². The molecule has 0 fully saturated rings. The number of nitrogen functional groups attached to an aromatic ring is 1. The molecule has 1 rings (SSSR count). The van der Waals surface area contributed by atoms with Gasteiger partial charge in [-0.25, -0.2) is 13.1 Å². The minimum atomic E-state index is -3.63. The summed E-state index contributed by atoms with van der Waals surface area (Å²) < 4.78 is 26.7. The van der Waals surface area contributed by atoms with E-state index >= 15 is 0 Å². The highest BCUT2D eigenvalue weighted by Crippen LogP contribution is 2.23. The molecular formula is C11H17BrN2O3S. The molecule has 18 heavy (non-hydrogen) atoms. The van der Waals surface area contributed by atoms with Crippen LogP contribution < -0.4 is 10.5 Å². The number of nitrogens with one attached hydrogen (secondary N) is 1. The Balaban J connectivity index is 2.80. The van der Waals surface area contributed by atoms with Crippen LogP contribution in [0.25, 0.3) is 0 Å². The molecule has 0 saturated heterocycles. The first-order chi connectivity index (χ1) is 8.36. The lowest BCUT2D eigenvalue weighted by atomic mass is 10.2. The topological polar surface area (TPSA) is 92.4 Å². The van der Waals surface area contributed by atoms with E-state index in [0.717, 1.165) is 6.42 Å². The smallest absolute Gasteiger partial charge is 0.241 e. The van der Waals surface area contributed by atoms with Gasteiger partial charge in [-0.05, 0) is 40.5 Å². The molecule has 0 aliphatic heterocycles. The van der Waals surface area contributed by atoms with Crippen LogP contribution in [0.5, 0.6) is 0 Å². The average Bonchev–Trinajstić information content (AvgIpc) is 2.26. The highest BCUT2D eigenvalue weighted by atomic mass is 79.9. The van der Waals surface area contributed by atoms with Crippen LogP contribution >= 0.6 is 15.9 Å². The molecule has 0 aliphatic carbocycles. The van der Waals surface area contributed by atoms with Crippen molar-refractivity contribution in [2.24, 2.45) is 0 Å². The second kappa shape index (κ2) is 6.51. The molecule has 0 bridgehead atoms. The van der Waals surface area contributed by atoms with Gasteiger partial charge in [0.1, 0.15) is 0 Å². The Bertz CT molecular complexity index is 505. The van der Waals surface area contributed by atoms with E-state index in [4.69, 9.17) is 5.73 Å². The minimum absolute atomic E-state index is 0.00693. The number of halogens is 1. The summed E-state index contributed by atoms with van der Waals surface area (Å²) in [4.78, 5) is 0.111. The highest BCUT2D eigenvalue weighted by Gasteiger charge is 2.18. The van der Waals surface area contributed by atoms with Crippen molar-refractivity contribution in [1.82, 2.24) is 4.72 Å². The molecule has 0 aliphatic rings. The van der Waals surface area contributed by atoms with E-state index in [-0.39, 0.29) is 11.4 Å². The second-order valence-electron chi connectivity index (χ2n) is 3.98. The van der Waals surface area contributed by atoms with Crippen LogP contribution in [-0.4, -0.2) is 26.2 Å². The number of hydrogen-bond donors (Lipinski definition) is 3. The van der Waals surface area contributed by atoms with Gasteiger partial charge in [0.2, 0.25) is 10.0 Å². The largest absolute Gasteiger partial charge is 0.399 e. The van der Waals surface area contributed by atoms with Crippen LogP contribution in [0, 0.1) is 0 Å². The number of rotatable bonds is 6. The summed E-state index contributed by atoms with van der Waals surface area (Å²) in [7, 11) is -3.63. The fourth-order valence-corrected chi connectivity index (χ4v) is 3.62. The van der Waals surface area contributed by atoms with Crippen molar-refractivity contribution in [3.8, 4) is 0 Å². The molecule has 0 amide bonds. The summed E-state index contributed by atoms with van der Waals surface area (Å²) in [5, 5.41) is 9.51. The maximum absolute atomic E-state index is 12.0. The average molecular weight is 337 g/mol. The van der Waals surface area contributed by atoms with Gasteiger partial charge >= 0.3 is 0 Å². The van der Waals surface area contributed by atoms with Crippen molar-refractivity contribution < 1.29 is 13.5 Å². The Morgan fingerprint density at radius 2 is 2.17 bits per heavy atom. The normalized spacial score (nSPS) is 13.5. The highest BCUT2D eigenvalue weighted by molar-refractivity contribution is 9.10. The van der Waals surface area contributed by atoms with Crippen LogP contribution in [0.3, 0.4) is 0 Å². The number of aliphatic hydroxyl groups excluding tert-OH is 1. The predicted molar refractivity (Wildman–Crippen MR) is 74.7 cm³/mol. The van der Waals surface area contributed by atoms with Crippen molar-refractivity contribution in [3.63, 3.8) is 0 Å². The molecule has 4 N–H and O–H groups in total. The Morgan fingerprint density at radius 1 is 1.50 bits per heavy atom. The third-order valence-corrected chi connectivity index (χ3v) is 4.78. The first-order valence-electron chi connectivity index (χ1n) is 5.59. The number of nitrogens with two attached hydrogens (primary N) is 1. The summed E-state index contributed by atoms with van der Waals surface area (Å²) in [5.74, 6) is 0. The molecule has 1 aromatic carbocycles. The first-order valence-corrected chi connectivity index (χ1v) is 7.87. The number of hydrogen-bond acceptors (Lipinski definition) is 4. The fourth-order valence-electron chi connectivity index (χ4n) is 1.45. The lowest BCUT2D eigenvalue weighted by Crippen LogP contribution is -2.32. The molecule has 1 aromatic rings. The van der Waals surface area contributed by atoms with Gasteiger partial charge in [0.05, 0.1) is 11.0 Å². The lowest BCUT2D eigenvalue weighted by Gasteiger charge is -2.12. The summed E-state index contributed by atoms with van der Waals surface area (Å²) in [5.41, 5.74) is 6.03. The fraction of sp³-hybridized carbons (Fsp3) is 0.455. The molecule has 1 atom stereocenters. The monoisotopic (exact) mass is 336 g/mol. The van der Waals surface area contributed by atoms with E-state index in [1.54, 1.807) is 0 Å². The summed E-state index contributed by atoms with van der Waals surface area (Å²) in [6.07, 6.45) is 0.692. The van der Waals surface area contributed by atoms with Crippen molar-refractivity contribution in [3.05, 3.63) is 22.7 Å². The van der Waals surface area contributed by atoms with Crippen molar-refractivity contribution in [1.29, 1.82) is 0 Å². The number of aliphatic hydroxyl groups is 1. The Kier molecular flexibility index (Phi) is 5.58.